The molecule has 3 heteroatoms. The Balaban J connectivity index is 2.11. The first kappa shape index (κ1) is 7.71. The SMILES string of the molecule is CC1NCC(c2ccccn2)O1. The lowest BCUT2D eigenvalue weighted by atomic mass is 10.2. The maximum Gasteiger partial charge on any atom is 0.114 e. The van der Waals surface area contributed by atoms with Crippen LogP contribution in [0.2, 0.25) is 0 Å². The van der Waals surface area contributed by atoms with E-state index in [4.69, 9.17) is 4.74 Å². The highest BCUT2D eigenvalue weighted by atomic mass is 16.5. The minimum absolute atomic E-state index is 0.126. The highest BCUT2D eigenvalue weighted by molar-refractivity contribution is 5.08. The van der Waals surface area contributed by atoms with Gasteiger partial charge in [-0.3, -0.25) is 10.3 Å². The second-order valence-corrected chi connectivity index (χ2v) is 2.93. The zero-order chi connectivity index (χ0) is 8.39. The van der Waals surface area contributed by atoms with Gasteiger partial charge in [-0.1, -0.05) is 6.07 Å². The van der Waals surface area contributed by atoms with E-state index in [0.29, 0.717) is 0 Å². The van der Waals surface area contributed by atoms with E-state index in [1.807, 2.05) is 25.1 Å². The Morgan fingerprint density at radius 3 is 3.08 bits per heavy atom. The van der Waals surface area contributed by atoms with Crippen LogP contribution in [0.3, 0.4) is 0 Å². The molecule has 0 amide bonds. The minimum atomic E-state index is 0.126. The summed E-state index contributed by atoms with van der Waals surface area (Å²) in [6, 6.07) is 5.88. The van der Waals surface area contributed by atoms with E-state index in [-0.39, 0.29) is 12.3 Å². The molecule has 1 fully saturated rings. The van der Waals surface area contributed by atoms with Crippen LogP contribution in [0.1, 0.15) is 18.7 Å². The van der Waals surface area contributed by atoms with Crippen molar-refractivity contribution in [1.29, 1.82) is 0 Å². The summed E-state index contributed by atoms with van der Waals surface area (Å²) in [4.78, 5) is 4.23. The lowest BCUT2D eigenvalue weighted by Crippen LogP contribution is -2.17. The first-order chi connectivity index (χ1) is 5.86. The average molecular weight is 164 g/mol. The molecule has 2 atom stereocenters. The predicted molar refractivity (Wildman–Crippen MR) is 45.5 cm³/mol. The van der Waals surface area contributed by atoms with Gasteiger partial charge in [0.1, 0.15) is 12.3 Å². The van der Waals surface area contributed by atoms with E-state index in [9.17, 15) is 0 Å². The van der Waals surface area contributed by atoms with Gasteiger partial charge >= 0.3 is 0 Å². The molecular formula is C9H12N2O. The second-order valence-electron chi connectivity index (χ2n) is 2.93. The van der Waals surface area contributed by atoms with Crippen LogP contribution >= 0.6 is 0 Å². The van der Waals surface area contributed by atoms with Crippen molar-refractivity contribution in [3.63, 3.8) is 0 Å². The Kier molecular flexibility index (Phi) is 2.06. The van der Waals surface area contributed by atoms with Gasteiger partial charge in [0.2, 0.25) is 0 Å². The molecule has 0 aliphatic carbocycles. The van der Waals surface area contributed by atoms with Gasteiger partial charge in [-0.2, -0.15) is 0 Å². The van der Waals surface area contributed by atoms with Gasteiger partial charge in [0.05, 0.1) is 5.69 Å². The number of nitrogens with one attached hydrogen (secondary N) is 1. The fourth-order valence-electron chi connectivity index (χ4n) is 1.36. The van der Waals surface area contributed by atoms with Crippen LogP contribution in [-0.2, 0) is 4.74 Å². The number of aromatic nitrogens is 1. The number of nitrogens with zero attached hydrogens (tertiary/aromatic N) is 1. The molecule has 2 heterocycles. The summed E-state index contributed by atoms with van der Waals surface area (Å²) in [5.41, 5.74) is 1.01. The van der Waals surface area contributed by atoms with Crippen molar-refractivity contribution in [2.75, 3.05) is 6.54 Å². The highest BCUT2D eigenvalue weighted by Crippen LogP contribution is 2.19. The smallest absolute Gasteiger partial charge is 0.114 e. The van der Waals surface area contributed by atoms with Gasteiger partial charge in [0.25, 0.3) is 0 Å². The minimum Gasteiger partial charge on any atom is -0.353 e. The number of rotatable bonds is 1. The zero-order valence-electron chi connectivity index (χ0n) is 7.03. The molecule has 1 aromatic rings. The Labute approximate surface area is 71.8 Å². The molecule has 2 rings (SSSR count). The van der Waals surface area contributed by atoms with Crippen molar-refractivity contribution in [2.45, 2.75) is 19.3 Å². The van der Waals surface area contributed by atoms with Crippen molar-refractivity contribution in [1.82, 2.24) is 10.3 Å². The molecule has 0 spiro atoms. The van der Waals surface area contributed by atoms with Crippen LogP contribution in [0.25, 0.3) is 0 Å². The molecule has 0 saturated carbocycles. The number of pyridine rings is 1. The third kappa shape index (κ3) is 1.47. The van der Waals surface area contributed by atoms with Crippen LogP contribution < -0.4 is 5.32 Å². The molecule has 12 heavy (non-hydrogen) atoms. The lowest BCUT2D eigenvalue weighted by molar-refractivity contribution is 0.0506. The van der Waals surface area contributed by atoms with E-state index >= 15 is 0 Å². The van der Waals surface area contributed by atoms with E-state index in [1.54, 1.807) is 6.20 Å². The summed E-state index contributed by atoms with van der Waals surface area (Å²) in [5, 5.41) is 3.21. The molecule has 3 nitrogen and oxygen atoms in total. The van der Waals surface area contributed by atoms with Crippen molar-refractivity contribution >= 4 is 0 Å². The number of hydrogen-bond donors (Lipinski definition) is 1. The molecule has 0 aromatic carbocycles. The van der Waals surface area contributed by atoms with Gasteiger partial charge < -0.3 is 4.74 Å². The topological polar surface area (TPSA) is 34.2 Å². The number of ether oxygens (including phenoxy) is 1. The van der Waals surface area contributed by atoms with Crippen LogP contribution in [0.15, 0.2) is 24.4 Å². The molecule has 64 valence electrons. The molecule has 1 aromatic heterocycles. The molecule has 1 aliphatic rings. The Bertz CT molecular complexity index is 250. The molecule has 1 saturated heterocycles. The Morgan fingerprint density at radius 2 is 2.50 bits per heavy atom. The van der Waals surface area contributed by atoms with Gasteiger partial charge in [-0.25, -0.2) is 0 Å². The second kappa shape index (κ2) is 3.21. The normalized spacial score (nSPS) is 29.1. The molecule has 0 radical (unpaired) electrons. The van der Waals surface area contributed by atoms with Gasteiger partial charge in [0.15, 0.2) is 0 Å². The molecule has 1 N–H and O–H groups in total. The zero-order valence-corrected chi connectivity index (χ0v) is 7.03. The van der Waals surface area contributed by atoms with Gasteiger partial charge in [-0.05, 0) is 19.1 Å². The summed E-state index contributed by atoms with van der Waals surface area (Å²) in [6.07, 6.45) is 2.07. The molecule has 2 unspecified atom stereocenters. The van der Waals surface area contributed by atoms with E-state index in [0.717, 1.165) is 12.2 Å². The van der Waals surface area contributed by atoms with E-state index in [1.165, 1.54) is 0 Å². The van der Waals surface area contributed by atoms with Crippen LogP contribution in [0, 0.1) is 0 Å². The van der Waals surface area contributed by atoms with Gasteiger partial charge in [-0.15, -0.1) is 0 Å². The average Bonchev–Trinajstić information content (AvgIpc) is 2.54. The van der Waals surface area contributed by atoms with Crippen LogP contribution in [-0.4, -0.2) is 17.8 Å². The summed E-state index contributed by atoms with van der Waals surface area (Å²) in [6.45, 7) is 2.86. The van der Waals surface area contributed by atoms with Crippen molar-refractivity contribution in [2.24, 2.45) is 0 Å². The highest BCUT2D eigenvalue weighted by Gasteiger charge is 2.22. The molecule has 1 aliphatic heterocycles. The van der Waals surface area contributed by atoms with E-state index in [2.05, 4.69) is 10.3 Å². The third-order valence-corrected chi connectivity index (χ3v) is 1.98. The standard InChI is InChI=1S/C9H12N2O/c1-7-11-6-9(12-7)8-4-2-3-5-10-8/h2-5,7,9,11H,6H2,1H3. The first-order valence-corrected chi connectivity index (χ1v) is 4.16. The summed E-state index contributed by atoms with van der Waals surface area (Å²) in [5.74, 6) is 0. The largest absolute Gasteiger partial charge is 0.353 e. The summed E-state index contributed by atoms with van der Waals surface area (Å²) >= 11 is 0. The third-order valence-electron chi connectivity index (χ3n) is 1.98. The van der Waals surface area contributed by atoms with Crippen LogP contribution in [0.4, 0.5) is 0 Å². The Morgan fingerprint density at radius 1 is 1.58 bits per heavy atom. The maximum absolute atomic E-state index is 5.57. The quantitative estimate of drug-likeness (QED) is 0.674. The van der Waals surface area contributed by atoms with Crippen molar-refractivity contribution in [3.8, 4) is 0 Å². The molecule has 0 bridgehead atoms. The van der Waals surface area contributed by atoms with Gasteiger partial charge in [0, 0.05) is 12.7 Å². The fourth-order valence-corrected chi connectivity index (χ4v) is 1.36. The summed E-state index contributed by atoms with van der Waals surface area (Å²) < 4.78 is 5.57. The lowest BCUT2D eigenvalue weighted by Gasteiger charge is -2.07. The summed E-state index contributed by atoms with van der Waals surface area (Å²) in [7, 11) is 0. The first-order valence-electron chi connectivity index (χ1n) is 4.16. The monoisotopic (exact) mass is 164 g/mol. The molecular weight excluding hydrogens is 152 g/mol. The van der Waals surface area contributed by atoms with Crippen LogP contribution in [0.5, 0.6) is 0 Å². The predicted octanol–water partition coefficient (Wildman–Crippen LogP) is 1.09. The van der Waals surface area contributed by atoms with Crippen molar-refractivity contribution < 1.29 is 4.74 Å². The van der Waals surface area contributed by atoms with E-state index < -0.39 is 0 Å². The van der Waals surface area contributed by atoms with Crippen molar-refractivity contribution in [3.05, 3.63) is 30.1 Å². The number of hydrogen-bond acceptors (Lipinski definition) is 3. The fraction of sp³-hybridized carbons (Fsp3) is 0.444. The Hall–Kier alpha value is -0.930. The maximum atomic E-state index is 5.57.